The lowest BCUT2D eigenvalue weighted by atomic mass is 9.91. The summed E-state index contributed by atoms with van der Waals surface area (Å²) >= 11 is 3.43. The normalized spacial score (nSPS) is 26.3. The molecule has 0 amide bonds. The molecular weight excluding hydrogens is 252 g/mol. The Bertz CT molecular complexity index is 310. The van der Waals surface area contributed by atoms with E-state index in [9.17, 15) is 0 Å². The Morgan fingerprint density at radius 3 is 2.47 bits per heavy atom. The predicted molar refractivity (Wildman–Crippen MR) is 68.0 cm³/mol. The van der Waals surface area contributed by atoms with Crippen molar-refractivity contribution in [3.8, 4) is 0 Å². The van der Waals surface area contributed by atoms with E-state index in [1.54, 1.807) is 0 Å². The second kappa shape index (κ2) is 4.99. The summed E-state index contributed by atoms with van der Waals surface area (Å²) in [5.41, 5.74) is 7.25. The van der Waals surface area contributed by atoms with Gasteiger partial charge in [-0.15, -0.1) is 0 Å². The minimum atomic E-state index is 0.308. The second-order valence-corrected chi connectivity index (χ2v) is 5.12. The molecule has 3 heteroatoms. The molecule has 0 aliphatic heterocycles. The third-order valence-corrected chi connectivity index (χ3v) is 3.54. The summed E-state index contributed by atoms with van der Waals surface area (Å²) in [5, 5.41) is 3.51. The van der Waals surface area contributed by atoms with Gasteiger partial charge in [-0.05, 0) is 37.1 Å². The van der Waals surface area contributed by atoms with Crippen molar-refractivity contribution in [2.24, 2.45) is 5.73 Å². The summed E-state index contributed by atoms with van der Waals surface area (Å²) in [6.07, 6.45) is 4.91. The first-order chi connectivity index (χ1) is 7.25. The molecule has 1 fully saturated rings. The molecule has 1 aromatic rings. The number of rotatable bonds is 2. The minimum Gasteiger partial charge on any atom is -0.381 e. The number of nitrogens with two attached hydrogens (primary N) is 1. The van der Waals surface area contributed by atoms with Crippen molar-refractivity contribution >= 4 is 21.6 Å². The zero-order valence-corrected chi connectivity index (χ0v) is 10.3. The highest BCUT2D eigenvalue weighted by molar-refractivity contribution is 9.10. The summed E-state index contributed by atoms with van der Waals surface area (Å²) < 4.78 is 1.11. The molecule has 0 aromatic heterocycles. The van der Waals surface area contributed by atoms with E-state index in [0.29, 0.717) is 12.1 Å². The molecule has 1 aromatic carbocycles. The standard InChI is InChI=1S/C12H17BrN2/c13-9-5-7-10(8-6-9)15-12-4-2-1-3-11(12)14/h5-8,11-12,15H,1-4,14H2/t11-,12-/m0/s1. The molecule has 1 aliphatic rings. The van der Waals surface area contributed by atoms with Crippen LogP contribution in [0.25, 0.3) is 0 Å². The maximum absolute atomic E-state index is 6.08. The van der Waals surface area contributed by atoms with Gasteiger partial charge in [0.25, 0.3) is 0 Å². The molecule has 1 saturated carbocycles. The van der Waals surface area contributed by atoms with Gasteiger partial charge in [-0.1, -0.05) is 28.8 Å². The number of hydrogen-bond donors (Lipinski definition) is 2. The van der Waals surface area contributed by atoms with Crippen molar-refractivity contribution in [2.45, 2.75) is 37.8 Å². The molecule has 1 aliphatic carbocycles. The number of hydrogen-bond acceptors (Lipinski definition) is 2. The van der Waals surface area contributed by atoms with Gasteiger partial charge < -0.3 is 11.1 Å². The van der Waals surface area contributed by atoms with Gasteiger partial charge in [-0.25, -0.2) is 0 Å². The average molecular weight is 269 g/mol. The fourth-order valence-corrected chi connectivity index (χ4v) is 2.36. The summed E-state index contributed by atoms with van der Waals surface area (Å²) in [5.74, 6) is 0. The van der Waals surface area contributed by atoms with Crippen LogP contribution in [0.2, 0.25) is 0 Å². The molecule has 0 unspecified atom stereocenters. The summed E-state index contributed by atoms with van der Waals surface area (Å²) in [7, 11) is 0. The lowest BCUT2D eigenvalue weighted by molar-refractivity contribution is 0.404. The van der Waals surface area contributed by atoms with Crippen LogP contribution < -0.4 is 11.1 Å². The first kappa shape index (κ1) is 11.0. The van der Waals surface area contributed by atoms with Gasteiger partial charge in [-0.2, -0.15) is 0 Å². The highest BCUT2D eigenvalue weighted by Gasteiger charge is 2.21. The van der Waals surface area contributed by atoms with Gasteiger partial charge in [0.2, 0.25) is 0 Å². The highest BCUT2D eigenvalue weighted by Crippen LogP contribution is 2.22. The van der Waals surface area contributed by atoms with Crippen LogP contribution in [-0.4, -0.2) is 12.1 Å². The van der Waals surface area contributed by atoms with E-state index in [-0.39, 0.29) is 0 Å². The largest absolute Gasteiger partial charge is 0.381 e. The fraction of sp³-hybridized carbons (Fsp3) is 0.500. The lowest BCUT2D eigenvalue weighted by Gasteiger charge is -2.30. The van der Waals surface area contributed by atoms with Crippen molar-refractivity contribution in [1.29, 1.82) is 0 Å². The Hall–Kier alpha value is -0.540. The zero-order chi connectivity index (χ0) is 10.7. The van der Waals surface area contributed by atoms with E-state index < -0.39 is 0 Å². The molecule has 2 rings (SSSR count). The van der Waals surface area contributed by atoms with E-state index in [4.69, 9.17) is 5.73 Å². The zero-order valence-electron chi connectivity index (χ0n) is 8.75. The Balaban J connectivity index is 1.98. The van der Waals surface area contributed by atoms with Crippen LogP contribution in [0.1, 0.15) is 25.7 Å². The van der Waals surface area contributed by atoms with Gasteiger partial charge in [-0.3, -0.25) is 0 Å². The fourth-order valence-electron chi connectivity index (χ4n) is 2.10. The molecule has 0 radical (unpaired) electrons. The van der Waals surface area contributed by atoms with Gasteiger partial charge in [0.05, 0.1) is 0 Å². The van der Waals surface area contributed by atoms with Crippen molar-refractivity contribution in [3.05, 3.63) is 28.7 Å². The first-order valence-corrected chi connectivity index (χ1v) is 6.33. The maximum atomic E-state index is 6.08. The SMILES string of the molecule is N[C@H]1CCCC[C@@H]1Nc1ccc(Br)cc1. The third kappa shape index (κ3) is 2.95. The van der Waals surface area contributed by atoms with Gasteiger partial charge >= 0.3 is 0 Å². The molecular formula is C12H17BrN2. The van der Waals surface area contributed by atoms with Crippen molar-refractivity contribution in [3.63, 3.8) is 0 Å². The molecule has 15 heavy (non-hydrogen) atoms. The third-order valence-electron chi connectivity index (χ3n) is 3.02. The summed E-state index contributed by atoms with van der Waals surface area (Å²) in [4.78, 5) is 0. The molecule has 0 bridgehead atoms. The minimum absolute atomic E-state index is 0.308. The predicted octanol–water partition coefficient (Wildman–Crippen LogP) is 3.13. The first-order valence-electron chi connectivity index (χ1n) is 5.53. The monoisotopic (exact) mass is 268 g/mol. The van der Waals surface area contributed by atoms with Crippen LogP contribution in [0.4, 0.5) is 5.69 Å². The summed E-state index contributed by atoms with van der Waals surface area (Å²) in [6.45, 7) is 0. The van der Waals surface area contributed by atoms with Crippen LogP contribution in [0.15, 0.2) is 28.7 Å². The van der Waals surface area contributed by atoms with E-state index >= 15 is 0 Å². The topological polar surface area (TPSA) is 38.0 Å². The van der Waals surface area contributed by atoms with Crippen LogP contribution in [0.5, 0.6) is 0 Å². The number of anilines is 1. The maximum Gasteiger partial charge on any atom is 0.0412 e. The van der Waals surface area contributed by atoms with Gasteiger partial charge in [0, 0.05) is 22.2 Å². The number of halogens is 1. The molecule has 0 saturated heterocycles. The Morgan fingerprint density at radius 2 is 1.80 bits per heavy atom. The summed E-state index contributed by atoms with van der Waals surface area (Å²) in [6, 6.07) is 9.03. The average Bonchev–Trinajstić information content (AvgIpc) is 2.25. The van der Waals surface area contributed by atoms with Crippen LogP contribution in [0, 0.1) is 0 Å². The Morgan fingerprint density at radius 1 is 1.13 bits per heavy atom. The second-order valence-electron chi connectivity index (χ2n) is 4.21. The van der Waals surface area contributed by atoms with Crippen LogP contribution in [-0.2, 0) is 0 Å². The van der Waals surface area contributed by atoms with Crippen molar-refractivity contribution in [1.82, 2.24) is 0 Å². The molecule has 0 heterocycles. The van der Waals surface area contributed by atoms with Crippen LogP contribution >= 0.6 is 15.9 Å². The lowest BCUT2D eigenvalue weighted by Crippen LogP contribution is -2.42. The van der Waals surface area contributed by atoms with Gasteiger partial charge in [0.1, 0.15) is 0 Å². The van der Waals surface area contributed by atoms with E-state index in [2.05, 4.69) is 45.5 Å². The van der Waals surface area contributed by atoms with E-state index in [0.717, 1.165) is 10.9 Å². The van der Waals surface area contributed by atoms with Gasteiger partial charge in [0.15, 0.2) is 0 Å². The molecule has 82 valence electrons. The van der Waals surface area contributed by atoms with Crippen LogP contribution in [0.3, 0.4) is 0 Å². The number of benzene rings is 1. The molecule has 2 atom stereocenters. The molecule has 3 N–H and O–H groups in total. The van der Waals surface area contributed by atoms with Crippen molar-refractivity contribution in [2.75, 3.05) is 5.32 Å². The van der Waals surface area contributed by atoms with E-state index in [1.165, 1.54) is 24.9 Å². The van der Waals surface area contributed by atoms with Crippen molar-refractivity contribution < 1.29 is 0 Å². The van der Waals surface area contributed by atoms with E-state index in [1.807, 2.05) is 0 Å². The Labute approximate surface area is 99.4 Å². The molecule has 2 nitrogen and oxygen atoms in total. The quantitative estimate of drug-likeness (QED) is 0.865. The number of nitrogens with one attached hydrogen (secondary N) is 1. The smallest absolute Gasteiger partial charge is 0.0412 e. The Kier molecular flexibility index (Phi) is 3.65. The highest BCUT2D eigenvalue weighted by atomic mass is 79.9. The molecule has 0 spiro atoms.